The number of nitro benzene ring substituents is 1. The first-order chi connectivity index (χ1) is 8.56. The number of benzene rings is 1. The van der Waals surface area contributed by atoms with Crippen molar-refractivity contribution in [2.75, 3.05) is 24.0 Å². The summed E-state index contributed by atoms with van der Waals surface area (Å²) in [7, 11) is 0. The smallest absolute Gasteiger partial charge is 0.273 e. The van der Waals surface area contributed by atoms with Gasteiger partial charge in [0.25, 0.3) is 5.69 Å². The quantitative estimate of drug-likeness (QED) is 0.389. The molecule has 0 saturated carbocycles. The van der Waals surface area contributed by atoms with Crippen LogP contribution in [-0.2, 0) is 4.74 Å². The van der Waals surface area contributed by atoms with E-state index in [1.807, 2.05) is 13.8 Å². The lowest BCUT2D eigenvalue weighted by Crippen LogP contribution is -2.22. The Kier molecular flexibility index (Phi) is 5.34. The minimum Gasteiger partial charge on any atom is -0.380 e. The van der Waals surface area contributed by atoms with E-state index in [0.29, 0.717) is 24.6 Å². The van der Waals surface area contributed by atoms with Gasteiger partial charge in [0.2, 0.25) is 0 Å². The molecule has 1 unspecified atom stereocenters. The summed E-state index contributed by atoms with van der Waals surface area (Å²) in [5, 5.41) is 13.9. The summed E-state index contributed by atoms with van der Waals surface area (Å²) in [5.74, 6) is 5.27. The third kappa shape index (κ3) is 4.19. The fourth-order valence-corrected chi connectivity index (χ4v) is 1.50. The molecule has 0 aliphatic carbocycles. The highest BCUT2D eigenvalue weighted by atomic mass is 16.6. The van der Waals surface area contributed by atoms with E-state index in [2.05, 4.69) is 10.7 Å². The van der Waals surface area contributed by atoms with Crippen LogP contribution in [0, 0.1) is 10.1 Å². The van der Waals surface area contributed by atoms with Crippen LogP contribution >= 0.6 is 0 Å². The molecule has 100 valence electrons. The Morgan fingerprint density at radius 3 is 2.67 bits per heavy atom. The molecule has 4 N–H and O–H groups in total. The number of anilines is 2. The van der Waals surface area contributed by atoms with Crippen LogP contribution in [-0.4, -0.2) is 24.2 Å². The highest BCUT2D eigenvalue weighted by Crippen LogP contribution is 2.24. The number of nitrogen functional groups attached to an aromatic ring is 1. The lowest BCUT2D eigenvalue weighted by atomic mass is 10.2. The van der Waals surface area contributed by atoms with Crippen molar-refractivity contribution in [3.63, 3.8) is 0 Å². The molecular formula is C11H18N4O3. The molecular weight excluding hydrogens is 236 g/mol. The van der Waals surface area contributed by atoms with Crippen LogP contribution < -0.4 is 16.6 Å². The number of ether oxygens (including phenoxy) is 1. The van der Waals surface area contributed by atoms with E-state index < -0.39 is 4.92 Å². The number of nitrogens with zero attached hydrogens (tertiary/aromatic N) is 1. The highest BCUT2D eigenvalue weighted by molar-refractivity contribution is 5.63. The van der Waals surface area contributed by atoms with Gasteiger partial charge >= 0.3 is 0 Å². The number of rotatable bonds is 7. The molecule has 0 spiro atoms. The summed E-state index contributed by atoms with van der Waals surface area (Å²) in [6.07, 6.45) is 0. The van der Waals surface area contributed by atoms with Crippen molar-refractivity contribution in [1.29, 1.82) is 0 Å². The Balaban J connectivity index is 2.81. The molecule has 0 amide bonds. The Bertz CT molecular complexity index is 411. The molecule has 0 bridgehead atoms. The zero-order valence-electron chi connectivity index (χ0n) is 10.5. The number of non-ortho nitro benzene ring substituents is 1. The molecule has 0 radical (unpaired) electrons. The summed E-state index contributed by atoms with van der Waals surface area (Å²) in [5.41, 5.74) is 3.50. The molecule has 0 aromatic heterocycles. The lowest BCUT2D eigenvalue weighted by molar-refractivity contribution is -0.384. The summed E-state index contributed by atoms with van der Waals surface area (Å²) in [4.78, 5) is 10.3. The maximum absolute atomic E-state index is 10.8. The minimum atomic E-state index is -0.459. The zero-order valence-corrected chi connectivity index (χ0v) is 10.5. The number of hydrogen-bond donors (Lipinski definition) is 3. The molecule has 0 aliphatic heterocycles. The van der Waals surface area contributed by atoms with Crippen LogP contribution in [0.15, 0.2) is 18.2 Å². The maximum atomic E-state index is 10.8. The predicted octanol–water partition coefficient (Wildman–Crippen LogP) is 1.72. The average Bonchev–Trinajstić information content (AvgIpc) is 2.35. The van der Waals surface area contributed by atoms with Gasteiger partial charge < -0.3 is 15.5 Å². The fourth-order valence-electron chi connectivity index (χ4n) is 1.50. The zero-order chi connectivity index (χ0) is 13.5. The molecule has 0 saturated heterocycles. The Morgan fingerprint density at radius 2 is 2.11 bits per heavy atom. The van der Waals surface area contributed by atoms with Gasteiger partial charge in [-0.05, 0) is 19.9 Å². The maximum Gasteiger partial charge on any atom is 0.273 e. The van der Waals surface area contributed by atoms with E-state index in [9.17, 15) is 10.1 Å². The third-order valence-electron chi connectivity index (χ3n) is 2.28. The van der Waals surface area contributed by atoms with Crippen LogP contribution in [0.1, 0.15) is 13.8 Å². The first-order valence-corrected chi connectivity index (χ1v) is 5.67. The van der Waals surface area contributed by atoms with Crippen molar-refractivity contribution in [3.8, 4) is 0 Å². The predicted molar refractivity (Wildman–Crippen MR) is 70.5 cm³/mol. The fraction of sp³-hybridized carbons (Fsp3) is 0.455. The van der Waals surface area contributed by atoms with Crippen molar-refractivity contribution in [1.82, 2.24) is 0 Å². The normalized spacial score (nSPS) is 11.9. The molecule has 0 fully saturated rings. The van der Waals surface area contributed by atoms with Crippen molar-refractivity contribution in [3.05, 3.63) is 28.3 Å². The van der Waals surface area contributed by atoms with E-state index in [4.69, 9.17) is 10.6 Å². The molecule has 1 aromatic rings. The molecule has 1 rings (SSSR count). The largest absolute Gasteiger partial charge is 0.380 e. The summed E-state index contributed by atoms with van der Waals surface area (Å²) < 4.78 is 5.27. The molecule has 1 aromatic carbocycles. The molecule has 18 heavy (non-hydrogen) atoms. The van der Waals surface area contributed by atoms with Crippen LogP contribution in [0.2, 0.25) is 0 Å². The van der Waals surface area contributed by atoms with Crippen LogP contribution in [0.4, 0.5) is 17.1 Å². The van der Waals surface area contributed by atoms with Crippen molar-refractivity contribution in [2.45, 2.75) is 19.9 Å². The number of hydrogen-bond acceptors (Lipinski definition) is 6. The van der Waals surface area contributed by atoms with Gasteiger partial charge in [-0.15, -0.1) is 0 Å². The molecule has 7 nitrogen and oxygen atoms in total. The summed E-state index contributed by atoms with van der Waals surface area (Å²) in [6.45, 7) is 5.02. The van der Waals surface area contributed by atoms with Gasteiger partial charge in [-0.1, -0.05) is 0 Å². The van der Waals surface area contributed by atoms with E-state index >= 15 is 0 Å². The molecule has 1 atom stereocenters. The van der Waals surface area contributed by atoms with Gasteiger partial charge in [0.1, 0.15) is 0 Å². The topological polar surface area (TPSA) is 102 Å². The first-order valence-electron chi connectivity index (χ1n) is 5.67. The van der Waals surface area contributed by atoms with E-state index in [1.54, 1.807) is 6.07 Å². The standard InChI is InChI=1S/C11H18N4O3/c1-3-18-7-8(2)13-9-4-10(14-12)6-11(5-9)15(16)17/h4-6,8,13-14H,3,7,12H2,1-2H3. The third-order valence-corrected chi connectivity index (χ3v) is 2.28. The first kappa shape index (κ1) is 14.2. The number of nitro groups is 1. The van der Waals surface area contributed by atoms with Gasteiger partial charge in [0, 0.05) is 30.5 Å². The monoisotopic (exact) mass is 254 g/mol. The average molecular weight is 254 g/mol. The summed E-state index contributed by atoms with van der Waals surface area (Å²) in [6, 6.07) is 4.59. The van der Waals surface area contributed by atoms with Gasteiger partial charge in [0.05, 0.1) is 17.2 Å². The van der Waals surface area contributed by atoms with Gasteiger partial charge in [0.15, 0.2) is 0 Å². The second-order valence-corrected chi connectivity index (χ2v) is 3.87. The minimum absolute atomic E-state index is 0.0171. The number of nitrogens with two attached hydrogens (primary N) is 1. The number of hydrazine groups is 1. The summed E-state index contributed by atoms with van der Waals surface area (Å²) >= 11 is 0. The van der Waals surface area contributed by atoms with E-state index in [-0.39, 0.29) is 11.7 Å². The highest BCUT2D eigenvalue weighted by Gasteiger charge is 2.11. The Labute approximate surface area is 105 Å². The van der Waals surface area contributed by atoms with E-state index in [1.165, 1.54) is 12.1 Å². The molecule has 0 aliphatic rings. The van der Waals surface area contributed by atoms with Crippen LogP contribution in [0.5, 0.6) is 0 Å². The van der Waals surface area contributed by atoms with Crippen molar-refractivity contribution in [2.24, 2.45) is 5.84 Å². The van der Waals surface area contributed by atoms with Crippen LogP contribution in [0.3, 0.4) is 0 Å². The van der Waals surface area contributed by atoms with Crippen LogP contribution in [0.25, 0.3) is 0 Å². The van der Waals surface area contributed by atoms with Crippen molar-refractivity contribution >= 4 is 17.1 Å². The molecule has 0 heterocycles. The van der Waals surface area contributed by atoms with Gasteiger partial charge in [-0.3, -0.25) is 16.0 Å². The Morgan fingerprint density at radius 1 is 1.44 bits per heavy atom. The molecule has 7 heteroatoms. The second kappa shape index (κ2) is 6.77. The number of nitrogens with one attached hydrogen (secondary N) is 2. The lowest BCUT2D eigenvalue weighted by Gasteiger charge is -2.15. The van der Waals surface area contributed by atoms with Gasteiger partial charge in [-0.25, -0.2) is 0 Å². The van der Waals surface area contributed by atoms with Gasteiger partial charge in [-0.2, -0.15) is 0 Å². The SMILES string of the molecule is CCOCC(C)Nc1cc(NN)cc([N+](=O)[O-])c1. The Hall–Kier alpha value is -1.86. The van der Waals surface area contributed by atoms with E-state index in [0.717, 1.165) is 0 Å². The second-order valence-electron chi connectivity index (χ2n) is 3.87. The van der Waals surface area contributed by atoms with Crippen molar-refractivity contribution < 1.29 is 9.66 Å².